The monoisotopic (exact) mass is 462 g/mol. The number of ether oxygens (including phenoxy) is 1. The van der Waals surface area contributed by atoms with E-state index in [1.165, 1.54) is 12.4 Å². The molecule has 1 aromatic carbocycles. The van der Waals surface area contributed by atoms with Gasteiger partial charge in [0.25, 0.3) is 5.91 Å². The fraction of sp³-hybridized carbons (Fsp3) is 0.348. The minimum Gasteiger partial charge on any atom is -0.378 e. The normalized spacial score (nSPS) is 17.3. The van der Waals surface area contributed by atoms with Crippen molar-refractivity contribution in [2.75, 3.05) is 31.6 Å². The zero-order valence-electron chi connectivity index (χ0n) is 18.4. The van der Waals surface area contributed by atoms with Gasteiger partial charge in [0.05, 0.1) is 30.6 Å². The summed E-state index contributed by atoms with van der Waals surface area (Å²) in [6.45, 7) is 5.75. The molecule has 4 aromatic rings. The average Bonchev–Trinajstić information content (AvgIpc) is 3.45. The molecule has 2 fully saturated rings. The number of fused-ring (bicyclic) bond motifs is 2. The van der Waals surface area contributed by atoms with E-state index in [0.29, 0.717) is 60.1 Å². The van der Waals surface area contributed by atoms with Gasteiger partial charge in [-0.3, -0.25) is 4.79 Å². The number of aromatic amines is 1. The number of carbonyl (C=O) groups is 1. The first-order valence-electron chi connectivity index (χ1n) is 11.3. The van der Waals surface area contributed by atoms with Crippen molar-refractivity contribution in [1.29, 1.82) is 0 Å². The molecular formula is C23H23FN8O2. The van der Waals surface area contributed by atoms with E-state index in [1.54, 1.807) is 23.4 Å². The lowest BCUT2D eigenvalue weighted by atomic mass is 10.1. The third kappa shape index (κ3) is 3.39. The highest BCUT2D eigenvalue weighted by Crippen LogP contribution is 2.42. The van der Waals surface area contributed by atoms with Gasteiger partial charge in [0.2, 0.25) is 0 Å². The molecule has 1 aliphatic heterocycles. The van der Waals surface area contributed by atoms with E-state index >= 15 is 4.39 Å². The van der Waals surface area contributed by atoms with Crippen LogP contribution in [0.1, 0.15) is 41.1 Å². The Bertz CT molecular complexity index is 1400. The number of anilines is 1. The summed E-state index contributed by atoms with van der Waals surface area (Å²) >= 11 is 0. The maximum Gasteiger partial charge on any atom is 0.259 e. The number of rotatable bonds is 6. The second kappa shape index (κ2) is 8.17. The van der Waals surface area contributed by atoms with Gasteiger partial charge in [0.1, 0.15) is 35.1 Å². The minimum atomic E-state index is -0.546. The Labute approximate surface area is 193 Å². The zero-order chi connectivity index (χ0) is 23.2. The number of H-pyrrole nitrogens is 1. The molecule has 1 saturated heterocycles. The fourth-order valence-corrected chi connectivity index (χ4v) is 4.48. The summed E-state index contributed by atoms with van der Waals surface area (Å²) < 4.78 is 22.5. The number of hydrogen-bond donors (Lipinski definition) is 2. The first-order chi connectivity index (χ1) is 16.7. The van der Waals surface area contributed by atoms with E-state index in [9.17, 15) is 4.79 Å². The third-order valence-electron chi connectivity index (χ3n) is 6.28. The Balaban J connectivity index is 1.47. The second-order valence-electron chi connectivity index (χ2n) is 8.45. The van der Waals surface area contributed by atoms with Crippen molar-refractivity contribution >= 4 is 33.9 Å². The van der Waals surface area contributed by atoms with Crippen molar-refractivity contribution in [3.05, 3.63) is 54.6 Å². The predicted molar refractivity (Wildman–Crippen MR) is 123 cm³/mol. The first-order valence-corrected chi connectivity index (χ1v) is 11.3. The topological polar surface area (TPSA) is 114 Å². The number of aromatic nitrogens is 6. The summed E-state index contributed by atoms with van der Waals surface area (Å²) in [5.41, 5.74) is 2.36. The van der Waals surface area contributed by atoms with Gasteiger partial charge in [0, 0.05) is 19.1 Å². The molecule has 1 atom stereocenters. The predicted octanol–water partition coefficient (Wildman–Crippen LogP) is 2.99. The summed E-state index contributed by atoms with van der Waals surface area (Å²) in [5, 5.41) is 3.36. The van der Waals surface area contributed by atoms with Crippen LogP contribution < -0.4 is 5.32 Å². The van der Waals surface area contributed by atoms with E-state index in [0.717, 1.165) is 12.8 Å². The highest BCUT2D eigenvalue weighted by molar-refractivity contribution is 6.05. The smallest absolute Gasteiger partial charge is 0.259 e. The molecule has 1 aliphatic carbocycles. The molecule has 10 nitrogen and oxygen atoms in total. The van der Waals surface area contributed by atoms with Crippen molar-refractivity contribution < 1.29 is 13.9 Å². The molecule has 2 N–H and O–H groups in total. The Morgan fingerprint density at radius 2 is 2.09 bits per heavy atom. The highest BCUT2D eigenvalue weighted by Gasteiger charge is 2.34. The molecule has 4 heterocycles. The van der Waals surface area contributed by atoms with Crippen LogP contribution in [0.2, 0.25) is 0 Å². The minimum absolute atomic E-state index is 0.0610. The first kappa shape index (κ1) is 20.7. The average molecular weight is 462 g/mol. The van der Waals surface area contributed by atoms with Crippen LogP contribution in [0.4, 0.5) is 10.2 Å². The molecule has 174 valence electrons. The SMILES string of the molecule is C=C[C@H](Nc1ncnc2nc[nH]c12)c1nc2ccc(F)c(C(=O)N3CCOCC3)c2n1C1CC1. The Morgan fingerprint density at radius 1 is 1.26 bits per heavy atom. The molecule has 6 rings (SSSR count). The molecule has 0 bridgehead atoms. The van der Waals surface area contributed by atoms with Crippen molar-refractivity contribution in [3.8, 4) is 0 Å². The Hall–Kier alpha value is -3.86. The van der Waals surface area contributed by atoms with Crippen molar-refractivity contribution in [3.63, 3.8) is 0 Å². The summed E-state index contributed by atoms with van der Waals surface area (Å²) in [6.07, 6.45) is 6.58. The van der Waals surface area contributed by atoms with Crippen LogP contribution in [0, 0.1) is 5.82 Å². The number of hydrogen-bond acceptors (Lipinski definition) is 7. The maximum absolute atomic E-state index is 15.2. The van der Waals surface area contributed by atoms with Crippen LogP contribution in [0.5, 0.6) is 0 Å². The lowest BCUT2D eigenvalue weighted by Crippen LogP contribution is -2.41. The number of morpholine rings is 1. The molecule has 11 heteroatoms. The molecule has 34 heavy (non-hydrogen) atoms. The van der Waals surface area contributed by atoms with Crippen LogP contribution in [0.15, 0.2) is 37.4 Å². The Kier molecular flexibility index (Phi) is 4.98. The van der Waals surface area contributed by atoms with E-state index in [2.05, 4.69) is 31.8 Å². The third-order valence-corrected chi connectivity index (χ3v) is 6.28. The standard InChI is InChI=1S/C23H23FN8O2/c1-2-15(29-21-18-20(26-11-25-18)27-12-28-21)22-30-16-6-5-14(24)17(19(16)32(22)13-3-4-13)23(33)31-7-9-34-10-8-31/h2,5-6,11-13,15H,1,3-4,7-10H2,(H2,25,26,27,28,29)/t15-/m0/s1. The Morgan fingerprint density at radius 3 is 2.85 bits per heavy atom. The molecule has 3 aromatic heterocycles. The lowest BCUT2D eigenvalue weighted by Gasteiger charge is -2.27. The van der Waals surface area contributed by atoms with E-state index in [-0.39, 0.29) is 17.5 Å². The number of nitrogens with zero attached hydrogens (tertiary/aromatic N) is 6. The van der Waals surface area contributed by atoms with Gasteiger partial charge in [-0.1, -0.05) is 6.08 Å². The van der Waals surface area contributed by atoms with Crippen LogP contribution in [0.3, 0.4) is 0 Å². The number of carbonyl (C=O) groups excluding carboxylic acids is 1. The molecule has 0 radical (unpaired) electrons. The fourth-order valence-electron chi connectivity index (χ4n) is 4.48. The number of benzene rings is 1. The number of amides is 1. The van der Waals surface area contributed by atoms with E-state index in [1.807, 2.05) is 4.57 Å². The lowest BCUT2D eigenvalue weighted by molar-refractivity contribution is 0.0301. The van der Waals surface area contributed by atoms with Gasteiger partial charge in [-0.25, -0.2) is 24.3 Å². The molecule has 1 amide bonds. The molecular weight excluding hydrogens is 439 g/mol. The second-order valence-corrected chi connectivity index (χ2v) is 8.45. The highest BCUT2D eigenvalue weighted by atomic mass is 19.1. The summed E-state index contributed by atoms with van der Waals surface area (Å²) in [6, 6.07) is 2.64. The van der Waals surface area contributed by atoms with Gasteiger partial charge < -0.3 is 24.5 Å². The van der Waals surface area contributed by atoms with Crippen LogP contribution in [0.25, 0.3) is 22.2 Å². The quantitative estimate of drug-likeness (QED) is 0.424. The number of nitrogens with one attached hydrogen (secondary N) is 2. The van der Waals surface area contributed by atoms with Gasteiger partial charge in [0.15, 0.2) is 11.5 Å². The van der Waals surface area contributed by atoms with Crippen LogP contribution >= 0.6 is 0 Å². The summed E-state index contributed by atoms with van der Waals surface area (Å²) in [4.78, 5) is 35.6. The summed E-state index contributed by atoms with van der Waals surface area (Å²) in [5.74, 6) is 0.325. The largest absolute Gasteiger partial charge is 0.378 e. The number of imidazole rings is 2. The van der Waals surface area contributed by atoms with Gasteiger partial charge in [-0.15, -0.1) is 6.58 Å². The van der Waals surface area contributed by atoms with Crippen molar-refractivity contribution in [2.24, 2.45) is 0 Å². The van der Waals surface area contributed by atoms with Gasteiger partial charge in [-0.2, -0.15) is 0 Å². The van der Waals surface area contributed by atoms with Gasteiger partial charge >= 0.3 is 0 Å². The molecule has 1 saturated carbocycles. The summed E-state index contributed by atoms with van der Waals surface area (Å²) in [7, 11) is 0. The maximum atomic E-state index is 15.2. The molecule has 0 unspecified atom stereocenters. The van der Waals surface area contributed by atoms with E-state index in [4.69, 9.17) is 9.72 Å². The number of halogens is 1. The van der Waals surface area contributed by atoms with Crippen molar-refractivity contribution in [1.82, 2.24) is 34.4 Å². The van der Waals surface area contributed by atoms with E-state index < -0.39 is 11.9 Å². The molecule has 2 aliphatic rings. The van der Waals surface area contributed by atoms with Gasteiger partial charge in [-0.05, 0) is 25.0 Å². The molecule has 0 spiro atoms. The van der Waals surface area contributed by atoms with Crippen LogP contribution in [-0.4, -0.2) is 66.6 Å². The zero-order valence-corrected chi connectivity index (χ0v) is 18.4. The van der Waals surface area contributed by atoms with Crippen LogP contribution in [-0.2, 0) is 4.74 Å². The van der Waals surface area contributed by atoms with Crippen molar-refractivity contribution in [2.45, 2.75) is 24.9 Å².